The Hall–Kier alpha value is -1.91. The molecule has 0 saturated heterocycles. The molecule has 3 aromatic rings. The van der Waals surface area contributed by atoms with Crippen molar-refractivity contribution in [2.75, 3.05) is 6.54 Å². The zero-order valence-electron chi connectivity index (χ0n) is 13.2. The van der Waals surface area contributed by atoms with E-state index in [2.05, 4.69) is 20.0 Å². The number of rotatable bonds is 7. The molecule has 1 saturated carbocycles. The minimum atomic E-state index is -3.48. The maximum atomic E-state index is 12.9. The summed E-state index contributed by atoms with van der Waals surface area (Å²) in [6.45, 7) is 0.256. The lowest BCUT2D eigenvalue weighted by Crippen LogP contribution is -2.27. The molecule has 0 spiro atoms. The number of aromatic nitrogens is 4. The summed E-state index contributed by atoms with van der Waals surface area (Å²) < 4.78 is 41.4. The maximum Gasteiger partial charge on any atom is 0.234 e. The molecule has 2 heterocycles. The summed E-state index contributed by atoms with van der Waals surface area (Å²) in [5.41, 5.74) is 0.543. The molecule has 0 radical (unpaired) electrons. The molecule has 4 rings (SSSR count). The molecule has 1 N–H and O–H groups in total. The zero-order valence-corrected chi connectivity index (χ0v) is 14.9. The van der Waals surface area contributed by atoms with Crippen molar-refractivity contribution in [2.45, 2.75) is 30.9 Å². The first-order valence-corrected chi connectivity index (χ1v) is 10.4. The summed E-state index contributed by atoms with van der Waals surface area (Å²) in [4.78, 5) is 0.742. The van der Waals surface area contributed by atoms with E-state index in [4.69, 9.17) is 0 Å². The quantitative estimate of drug-likeness (QED) is 0.675. The van der Waals surface area contributed by atoms with Gasteiger partial charge in [0.05, 0.1) is 5.75 Å². The van der Waals surface area contributed by atoms with E-state index in [1.807, 2.05) is 0 Å². The van der Waals surface area contributed by atoms with Crippen LogP contribution in [0.4, 0.5) is 4.39 Å². The lowest BCUT2D eigenvalue weighted by atomic mass is 10.2. The minimum Gasteiger partial charge on any atom is -0.215 e. The average molecular weight is 381 g/mol. The van der Waals surface area contributed by atoms with Gasteiger partial charge in [0.25, 0.3) is 0 Å². The molecule has 0 atom stereocenters. The van der Waals surface area contributed by atoms with Crippen LogP contribution in [0.3, 0.4) is 0 Å². The number of nitrogens with zero attached hydrogens (tertiary/aromatic N) is 4. The summed E-state index contributed by atoms with van der Waals surface area (Å²) in [6.07, 6.45) is 2.73. The Morgan fingerprint density at radius 2 is 2.00 bits per heavy atom. The minimum absolute atomic E-state index is 0.176. The maximum absolute atomic E-state index is 12.9. The number of nitrogens with one attached hydrogen (secondary N) is 1. The number of halogens is 1. The van der Waals surface area contributed by atoms with Crippen molar-refractivity contribution in [2.24, 2.45) is 0 Å². The van der Waals surface area contributed by atoms with E-state index < -0.39 is 10.0 Å². The van der Waals surface area contributed by atoms with E-state index in [0.717, 1.165) is 28.6 Å². The predicted molar refractivity (Wildman–Crippen MR) is 91.4 cm³/mol. The van der Waals surface area contributed by atoms with Gasteiger partial charge in [-0.2, -0.15) is 9.61 Å². The molecule has 1 aliphatic rings. The van der Waals surface area contributed by atoms with Gasteiger partial charge in [0, 0.05) is 18.9 Å². The fourth-order valence-electron chi connectivity index (χ4n) is 2.53. The van der Waals surface area contributed by atoms with Crippen LogP contribution >= 0.6 is 11.3 Å². The zero-order chi connectivity index (χ0) is 17.4. The molecule has 2 aromatic heterocycles. The van der Waals surface area contributed by atoms with Crippen LogP contribution in [0.25, 0.3) is 4.96 Å². The van der Waals surface area contributed by atoms with Crippen LogP contribution in [0.5, 0.6) is 0 Å². The molecule has 1 aliphatic carbocycles. The van der Waals surface area contributed by atoms with Gasteiger partial charge in [-0.15, -0.1) is 10.2 Å². The van der Waals surface area contributed by atoms with Gasteiger partial charge in [-0.05, 0) is 30.5 Å². The summed E-state index contributed by atoms with van der Waals surface area (Å²) in [5, 5.41) is 13.6. The van der Waals surface area contributed by atoms with Crippen LogP contribution in [0.1, 0.15) is 35.2 Å². The average Bonchev–Trinajstić information content (AvgIpc) is 3.20. The second-order valence-electron chi connectivity index (χ2n) is 6.05. The van der Waals surface area contributed by atoms with Crippen LogP contribution in [-0.4, -0.2) is 34.8 Å². The van der Waals surface area contributed by atoms with E-state index in [0.29, 0.717) is 17.9 Å². The van der Waals surface area contributed by atoms with Gasteiger partial charge in [0.1, 0.15) is 10.8 Å². The molecule has 132 valence electrons. The predicted octanol–water partition coefficient (Wildman–Crippen LogP) is 1.86. The molecule has 0 aliphatic heterocycles. The molecule has 25 heavy (non-hydrogen) atoms. The van der Waals surface area contributed by atoms with Crippen LogP contribution in [0, 0.1) is 5.82 Å². The lowest BCUT2D eigenvalue weighted by molar-refractivity contribution is 0.580. The van der Waals surface area contributed by atoms with Crippen molar-refractivity contribution in [3.63, 3.8) is 0 Å². The van der Waals surface area contributed by atoms with E-state index in [-0.39, 0.29) is 18.1 Å². The second-order valence-corrected chi connectivity index (χ2v) is 8.90. The second kappa shape index (κ2) is 6.43. The third-order valence-corrected chi connectivity index (χ3v) is 6.25. The number of sulfonamides is 1. The molecular weight excluding hydrogens is 365 g/mol. The van der Waals surface area contributed by atoms with Crippen LogP contribution in [-0.2, 0) is 22.2 Å². The van der Waals surface area contributed by atoms with Crippen LogP contribution in [0.15, 0.2) is 24.3 Å². The fourth-order valence-corrected chi connectivity index (χ4v) is 4.52. The first-order valence-electron chi connectivity index (χ1n) is 7.93. The first-order chi connectivity index (χ1) is 12.0. The Bertz CT molecular complexity index is 993. The normalized spacial score (nSPS) is 15.1. The Morgan fingerprint density at radius 1 is 1.24 bits per heavy atom. The Kier molecular flexibility index (Phi) is 4.26. The smallest absolute Gasteiger partial charge is 0.215 e. The largest absolute Gasteiger partial charge is 0.234 e. The molecule has 0 amide bonds. The third kappa shape index (κ3) is 3.86. The monoisotopic (exact) mass is 381 g/mol. The van der Waals surface area contributed by atoms with Crippen molar-refractivity contribution >= 4 is 26.3 Å². The van der Waals surface area contributed by atoms with Crippen LogP contribution < -0.4 is 4.72 Å². The highest BCUT2D eigenvalue weighted by Crippen LogP contribution is 2.39. The Balaban J connectivity index is 1.35. The van der Waals surface area contributed by atoms with Crippen molar-refractivity contribution < 1.29 is 12.8 Å². The number of hydrogen-bond donors (Lipinski definition) is 1. The highest BCUT2D eigenvalue weighted by atomic mass is 32.2. The standard InChI is InChI=1S/C15H16FN5O2S2/c16-12-5-1-10(2-6-12)9-25(22,23)17-8-7-13-20-21-14(11-3-4-11)18-19-15(21)24-13/h1-2,5-6,11,17H,3-4,7-9H2. The lowest BCUT2D eigenvalue weighted by Gasteiger charge is -2.05. The number of fused-ring (bicyclic) bond motifs is 1. The number of hydrogen-bond acceptors (Lipinski definition) is 6. The van der Waals surface area contributed by atoms with Gasteiger partial charge in [0.15, 0.2) is 5.82 Å². The van der Waals surface area contributed by atoms with E-state index in [9.17, 15) is 12.8 Å². The molecule has 10 heteroatoms. The third-order valence-electron chi connectivity index (χ3n) is 3.93. The fraction of sp³-hybridized carbons (Fsp3) is 0.400. The van der Waals surface area contributed by atoms with Crippen molar-refractivity contribution in [3.05, 3.63) is 46.5 Å². The van der Waals surface area contributed by atoms with Gasteiger partial charge in [-0.3, -0.25) is 0 Å². The highest BCUT2D eigenvalue weighted by molar-refractivity contribution is 7.88. The van der Waals surface area contributed by atoms with Gasteiger partial charge in [-0.1, -0.05) is 23.5 Å². The summed E-state index contributed by atoms with van der Waals surface area (Å²) in [5.74, 6) is 0.793. The summed E-state index contributed by atoms with van der Waals surface area (Å²) in [6, 6.07) is 5.44. The van der Waals surface area contributed by atoms with E-state index >= 15 is 0 Å². The topological polar surface area (TPSA) is 89.2 Å². The molecule has 0 unspecified atom stereocenters. The molecule has 1 fully saturated rings. The van der Waals surface area contributed by atoms with Gasteiger partial charge in [-0.25, -0.2) is 17.5 Å². The summed E-state index contributed by atoms with van der Waals surface area (Å²) in [7, 11) is -3.48. The van der Waals surface area contributed by atoms with Crippen molar-refractivity contribution in [1.82, 2.24) is 24.5 Å². The SMILES string of the molecule is O=S(=O)(Cc1ccc(F)cc1)NCCc1nn2c(C3CC3)nnc2s1. The summed E-state index contributed by atoms with van der Waals surface area (Å²) >= 11 is 1.42. The highest BCUT2D eigenvalue weighted by Gasteiger charge is 2.30. The molecule has 7 nitrogen and oxygen atoms in total. The number of benzene rings is 1. The first kappa shape index (κ1) is 16.6. The van der Waals surface area contributed by atoms with Gasteiger partial charge in [0.2, 0.25) is 15.0 Å². The Labute approximate surface area is 148 Å². The van der Waals surface area contributed by atoms with E-state index in [1.165, 1.54) is 35.6 Å². The molecule has 1 aromatic carbocycles. The Morgan fingerprint density at radius 3 is 2.72 bits per heavy atom. The van der Waals surface area contributed by atoms with Crippen LogP contribution in [0.2, 0.25) is 0 Å². The van der Waals surface area contributed by atoms with E-state index in [1.54, 1.807) is 4.52 Å². The van der Waals surface area contributed by atoms with Crippen molar-refractivity contribution in [1.29, 1.82) is 0 Å². The van der Waals surface area contributed by atoms with Gasteiger partial charge >= 0.3 is 0 Å². The van der Waals surface area contributed by atoms with Gasteiger partial charge < -0.3 is 0 Å². The van der Waals surface area contributed by atoms with Crippen molar-refractivity contribution in [3.8, 4) is 0 Å². The molecular formula is C15H16FN5O2S2. The molecule has 0 bridgehead atoms.